The predicted octanol–water partition coefficient (Wildman–Crippen LogP) is 1.50. The van der Waals surface area contributed by atoms with Crippen molar-refractivity contribution >= 4 is 34.7 Å². The quantitative estimate of drug-likeness (QED) is 0.589. The number of rotatable bonds is 7. The molecule has 0 fully saturated rings. The van der Waals surface area contributed by atoms with Gasteiger partial charge in [0.05, 0.1) is 17.2 Å². The van der Waals surface area contributed by atoms with Crippen molar-refractivity contribution in [2.45, 2.75) is 13.0 Å². The minimum atomic E-state index is -0.696. The van der Waals surface area contributed by atoms with Crippen molar-refractivity contribution in [3.63, 3.8) is 0 Å². The standard InChI is InChI=1S/C13H17ClN2O3S/c1-8(13(17)16-6-7-18-2)19-10-5-3-4-9(14)11(10)12(15)20/h3-5,8H,6-7H2,1-2H3,(H2,15,20)(H,16,17). The summed E-state index contributed by atoms with van der Waals surface area (Å²) in [5.41, 5.74) is 6.05. The van der Waals surface area contributed by atoms with E-state index in [1.165, 1.54) is 0 Å². The van der Waals surface area contributed by atoms with E-state index in [0.29, 0.717) is 29.5 Å². The third-order valence-corrected chi connectivity index (χ3v) is 3.02. The maximum absolute atomic E-state index is 11.8. The van der Waals surface area contributed by atoms with E-state index in [1.54, 1.807) is 32.2 Å². The number of carbonyl (C=O) groups excluding carboxylic acids is 1. The smallest absolute Gasteiger partial charge is 0.260 e. The minimum absolute atomic E-state index is 0.123. The van der Waals surface area contributed by atoms with E-state index in [0.717, 1.165) is 0 Å². The first kappa shape index (κ1) is 16.7. The van der Waals surface area contributed by atoms with Crippen molar-refractivity contribution in [2.24, 2.45) is 5.73 Å². The Morgan fingerprint density at radius 1 is 1.55 bits per heavy atom. The highest BCUT2D eigenvalue weighted by Gasteiger charge is 2.18. The van der Waals surface area contributed by atoms with Crippen LogP contribution in [0.2, 0.25) is 5.02 Å². The molecule has 3 N–H and O–H groups in total. The number of benzene rings is 1. The van der Waals surface area contributed by atoms with E-state index < -0.39 is 6.10 Å². The van der Waals surface area contributed by atoms with E-state index in [4.69, 9.17) is 39.0 Å². The molecule has 0 aliphatic heterocycles. The number of amides is 1. The molecule has 1 unspecified atom stereocenters. The summed E-state index contributed by atoms with van der Waals surface area (Å²) in [4.78, 5) is 11.9. The van der Waals surface area contributed by atoms with Gasteiger partial charge in [-0.2, -0.15) is 0 Å². The summed E-state index contributed by atoms with van der Waals surface area (Å²) in [6.07, 6.45) is -0.696. The van der Waals surface area contributed by atoms with Gasteiger partial charge in [0.2, 0.25) is 0 Å². The average Bonchev–Trinajstić information content (AvgIpc) is 2.38. The van der Waals surface area contributed by atoms with E-state index in [9.17, 15) is 4.79 Å². The van der Waals surface area contributed by atoms with Gasteiger partial charge in [-0.25, -0.2) is 0 Å². The molecule has 7 heteroatoms. The summed E-state index contributed by atoms with van der Waals surface area (Å²) in [7, 11) is 1.56. The predicted molar refractivity (Wildman–Crippen MR) is 82.3 cm³/mol. The molecule has 20 heavy (non-hydrogen) atoms. The van der Waals surface area contributed by atoms with Gasteiger partial charge < -0.3 is 20.5 Å². The number of nitrogens with two attached hydrogens (primary N) is 1. The van der Waals surface area contributed by atoms with Crippen molar-refractivity contribution in [2.75, 3.05) is 20.3 Å². The molecule has 0 bridgehead atoms. The Morgan fingerprint density at radius 3 is 2.85 bits per heavy atom. The third-order valence-electron chi connectivity index (χ3n) is 2.50. The van der Waals surface area contributed by atoms with Crippen molar-refractivity contribution in [3.05, 3.63) is 28.8 Å². The van der Waals surface area contributed by atoms with E-state index in [1.807, 2.05) is 0 Å². The van der Waals surface area contributed by atoms with Gasteiger partial charge in [0.1, 0.15) is 10.7 Å². The molecule has 0 radical (unpaired) electrons. The van der Waals surface area contributed by atoms with Gasteiger partial charge in [0.15, 0.2) is 6.10 Å². The highest BCUT2D eigenvalue weighted by molar-refractivity contribution is 7.80. The zero-order valence-corrected chi connectivity index (χ0v) is 12.9. The number of methoxy groups -OCH3 is 1. The summed E-state index contributed by atoms with van der Waals surface area (Å²) < 4.78 is 10.4. The molecule has 1 aromatic carbocycles. The third kappa shape index (κ3) is 4.63. The lowest BCUT2D eigenvalue weighted by Crippen LogP contribution is -2.38. The number of hydrogen-bond acceptors (Lipinski definition) is 4. The lowest BCUT2D eigenvalue weighted by atomic mass is 10.2. The number of thiocarbonyl (C=S) groups is 1. The molecule has 0 heterocycles. The van der Waals surface area contributed by atoms with Crippen LogP contribution in [0, 0.1) is 0 Å². The van der Waals surface area contributed by atoms with Crippen LogP contribution in [0.25, 0.3) is 0 Å². The number of carbonyl (C=O) groups is 1. The Hall–Kier alpha value is -1.37. The average molecular weight is 317 g/mol. The van der Waals surface area contributed by atoms with Crippen molar-refractivity contribution < 1.29 is 14.3 Å². The number of halogens is 1. The summed E-state index contributed by atoms with van der Waals surface area (Å²) in [5, 5.41) is 3.07. The van der Waals surface area contributed by atoms with E-state index in [2.05, 4.69) is 5.32 Å². The highest BCUT2D eigenvalue weighted by Crippen LogP contribution is 2.27. The molecule has 0 aliphatic carbocycles. The van der Waals surface area contributed by atoms with Gasteiger partial charge in [-0.3, -0.25) is 4.79 Å². The lowest BCUT2D eigenvalue weighted by molar-refractivity contribution is -0.127. The summed E-state index contributed by atoms with van der Waals surface area (Å²) in [6, 6.07) is 5.03. The normalized spacial score (nSPS) is 11.8. The second kappa shape index (κ2) is 8.04. The summed E-state index contributed by atoms with van der Waals surface area (Å²) in [6.45, 7) is 2.49. The Morgan fingerprint density at radius 2 is 2.25 bits per heavy atom. The largest absolute Gasteiger partial charge is 0.480 e. The molecule has 0 aliphatic rings. The van der Waals surface area contributed by atoms with Crippen LogP contribution in [0.4, 0.5) is 0 Å². The molecule has 110 valence electrons. The van der Waals surface area contributed by atoms with Gasteiger partial charge in [-0.1, -0.05) is 29.9 Å². The Bertz CT molecular complexity index is 497. The number of nitrogens with one attached hydrogen (secondary N) is 1. The molecule has 0 saturated heterocycles. The molecule has 1 atom stereocenters. The lowest BCUT2D eigenvalue weighted by Gasteiger charge is -2.17. The second-order valence-corrected chi connectivity index (χ2v) is 4.87. The van der Waals surface area contributed by atoms with Crippen LogP contribution < -0.4 is 15.8 Å². The van der Waals surface area contributed by atoms with Crippen LogP contribution in [0.15, 0.2) is 18.2 Å². The fraction of sp³-hybridized carbons (Fsp3) is 0.385. The molecule has 1 aromatic rings. The molecule has 5 nitrogen and oxygen atoms in total. The highest BCUT2D eigenvalue weighted by atomic mass is 35.5. The summed E-state index contributed by atoms with van der Waals surface area (Å²) >= 11 is 11.0. The second-order valence-electron chi connectivity index (χ2n) is 4.02. The Kier molecular flexibility index (Phi) is 6.70. The zero-order valence-electron chi connectivity index (χ0n) is 11.3. The van der Waals surface area contributed by atoms with Crippen LogP contribution >= 0.6 is 23.8 Å². The van der Waals surface area contributed by atoms with Crippen LogP contribution in [0.5, 0.6) is 5.75 Å². The number of ether oxygens (including phenoxy) is 2. The van der Waals surface area contributed by atoms with Crippen LogP contribution in [0.3, 0.4) is 0 Å². The van der Waals surface area contributed by atoms with Crippen LogP contribution in [0.1, 0.15) is 12.5 Å². The molecular weight excluding hydrogens is 300 g/mol. The van der Waals surface area contributed by atoms with Gasteiger partial charge in [0.25, 0.3) is 5.91 Å². The number of hydrogen-bond donors (Lipinski definition) is 2. The summed E-state index contributed by atoms with van der Waals surface area (Å²) in [5.74, 6) is 0.135. The molecule has 0 aromatic heterocycles. The van der Waals surface area contributed by atoms with Crippen LogP contribution in [-0.4, -0.2) is 37.3 Å². The van der Waals surface area contributed by atoms with Crippen molar-refractivity contribution in [3.8, 4) is 5.75 Å². The fourth-order valence-electron chi connectivity index (χ4n) is 1.51. The molecule has 1 amide bonds. The van der Waals surface area contributed by atoms with Crippen LogP contribution in [-0.2, 0) is 9.53 Å². The molecule has 1 rings (SSSR count). The maximum Gasteiger partial charge on any atom is 0.260 e. The van der Waals surface area contributed by atoms with E-state index in [-0.39, 0.29) is 10.9 Å². The molecule has 0 saturated carbocycles. The van der Waals surface area contributed by atoms with Crippen molar-refractivity contribution in [1.82, 2.24) is 5.32 Å². The van der Waals surface area contributed by atoms with Gasteiger partial charge >= 0.3 is 0 Å². The first-order valence-corrected chi connectivity index (χ1v) is 6.77. The maximum atomic E-state index is 11.8. The van der Waals surface area contributed by atoms with Gasteiger partial charge in [-0.05, 0) is 19.1 Å². The molecule has 0 spiro atoms. The Balaban J connectivity index is 2.75. The minimum Gasteiger partial charge on any atom is -0.480 e. The first-order chi connectivity index (χ1) is 9.47. The van der Waals surface area contributed by atoms with Gasteiger partial charge in [-0.15, -0.1) is 0 Å². The van der Waals surface area contributed by atoms with Crippen molar-refractivity contribution in [1.29, 1.82) is 0 Å². The fourth-order valence-corrected chi connectivity index (χ4v) is 2.04. The first-order valence-electron chi connectivity index (χ1n) is 5.99. The molecular formula is C13H17ClN2O3S. The monoisotopic (exact) mass is 316 g/mol. The van der Waals surface area contributed by atoms with E-state index >= 15 is 0 Å². The van der Waals surface area contributed by atoms with Gasteiger partial charge in [0, 0.05) is 13.7 Å². The zero-order chi connectivity index (χ0) is 15.1. The Labute approximate surface area is 128 Å². The SMILES string of the molecule is COCCNC(=O)C(C)Oc1cccc(Cl)c1C(N)=S. The topological polar surface area (TPSA) is 73.6 Å².